The third-order valence-electron chi connectivity index (χ3n) is 3.89. The van der Waals surface area contributed by atoms with E-state index in [0.29, 0.717) is 41.4 Å². The number of hydrogen-bond donors (Lipinski definition) is 3. The van der Waals surface area contributed by atoms with E-state index in [0.717, 1.165) is 0 Å². The Kier molecular flexibility index (Phi) is 5.62. The Balaban J connectivity index is 1.82. The summed E-state index contributed by atoms with van der Waals surface area (Å²) in [5, 5.41) is 14.3. The van der Waals surface area contributed by atoms with E-state index in [1.807, 2.05) is 0 Å². The molecule has 9 heteroatoms. The molecule has 0 spiro atoms. The molecule has 27 heavy (non-hydrogen) atoms. The first kappa shape index (κ1) is 18.3. The van der Waals surface area contributed by atoms with Crippen LogP contribution in [-0.2, 0) is 0 Å². The molecule has 0 aromatic carbocycles. The zero-order valence-electron chi connectivity index (χ0n) is 14.7. The minimum atomic E-state index is -0.286. The van der Waals surface area contributed by atoms with Crippen LogP contribution in [0.1, 0.15) is 16.8 Å². The van der Waals surface area contributed by atoms with Gasteiger partial charge in [-0.1, -0.05) is 0 Å². The maximum Gasteiger partial charge on any atom is 0.280 e. The Bertz CT molecular complexity index is 978. The summed E-state index contributed by atoms with van der Waals surface area (Å²) in [4.78, 5) is 32.9. The first-order valence-corrected chi connectivity index (χ1v) is 8.30. The maximum absolute atomic E-state index is 12.7. The highest BCUT2D eigenvalue weighted by Gasteiger charge is 2.13. The molecule has 3 rings (SSSR count). The van der Waals surface area contributed by atoms with E-state index >= 15 is 0 Å². The number of aliphatic hydroxyl groups excluding tert-OH is 1. The summed E-state index contributed by atoms with van der Waals surface area (Å²) in [5.41, 5.74) is 1.20. The van der Waals surface area contributed by atoms with Crippen molar-refractivity contribution in [2.24, 2.45) is 0 Å². The molecular formula is C18H19N5O4. The maximum atomic E-state index is 12.7. The average Bonchev–Trinajstić information content (AvgIpc) is 3.09. The molecule has 0 aliphatic heterocycles. The van der Waals surface area contributed by atoms with Gasteiger partial charge in [-0.25, -0.2) is 14.6 Å². The third-order valence-corrected chi connectivity index (χ3v) is 3.89. The van der Waals surface area contributed by atoms with E-state index in [1.165, 1.54) is 18.0 Å². The van der Waals surface area contributed by atoms with E-state index in [-0.39, 0.29) is 18.1 Å². The van der Waals surface area contributed by atoms with Crippen molar-refractivity contribution in [2.75, 3.05) is 20.3 Å². The van der Waals surface area contributed by atoms with E-state index in [1.54, 1.807) is 36.7 Å². The summed E-state index contributed by atoms with van der Waals surface area (Å²) in [6.07, 6.45) is 5.02. The number of aromatic amines is 1. The summed E-state index contributed by atoms with van der Waals surface area (Å²) in [6.45, 7) is 0.394. The van der Waals surface area contributed by atoms with Crippen LogP contribution in [0.25, 0.3) is 16.9 Å². The lowest BCUT2D eigenvalue weighted by Gasteiger charge is -2.05. The summed E-state index contributed by atoms with van der Waals surface area (Å²) in [5.74, 6) is 0.486. The van der Waals surface area contributed by atoms with Gasteiger partial charge in [0.25, 0.3) is 11.5 Å². The fourth-order valence-electron chi connectivity index (χ4n) is 2.47. The van der Waals surface area contributed by atoms with Crippen molar-refractivity contribution in [2.45, 2.75) is 6.42 Å². The Morgan fingerprint density at radius 3 is 2.89 bits per heavy atom. The van der Waals surface area contributed by atoms with Crippen molar-refractivity contribution in [3.05, 3.63) is 58.8 Å². The Hall–Kier alpha value is -3.46. The van der Waals surface area contributed by atoms with Gasteiger partial charge in [-0.3, -0.25) is 14.7 Å². The molecule has 0 saturated heterocycles. The van der Waals surface area contributed by atoms with Crippen LogP contribution in [-0.4, -0.2) is 51.0 Å². The highest BCUT2D eigenvalue weighted by Crippen LogP contribution is 2.19. The molecular weight excluding hydrogens is 350 g/mol. The Morgan fingerprint density at radius 2 is 2.19 bits per heavy atom. The number of carbonyl (C=O) groups is 1. The van der Waals surface area contributed by atoms with Gasteiger partial charge in [0.15, 0.2) is 5.82 Å². The highest BCUT2D eigenvalue weighted by atomic mass is 16.5. The Labute approximate surface area is 154 Å². The zero-order valence-corrected chi connectivity index (χ0v) is 14.7. The number of nitrogens with zero attached hydrogens (tertiary/aromatic N) is 3. The molecule has 0 bridgehead atoms. The van der Waals surface area contributed by atoms with Gasteiger partial charge in [-0.15, -0.1) is 0 Å². The molecule has 9 nitrogen and oxygen atoms in total. The molecule has 3 N–H and O–H groups in total. The predicted octanol–water partition coefficient (Wildman–Crippen LogP) is 0.743. The van der Waals surface area contributed by atoms with E-state index < -0.39 is 0 Å². The number of H-pyrrole nitrogens is 1. The molecule has 0 fully saturated rings. The van der Waals surface area contributed by atoms with Crippen LogP contribution >= 0.6 is 0 Å². The molecule has 0 aliphatic carbocycles. The summed E-state index contributed by atoms with van der Waals surface area (Å²) in [7, 11) is 1.51. The van der Waals surface area contributed by atoms with Crippen molar-refractivity contribution in [3.8, 4) is 22.8 Å². The third kappa shape index (κ3) is 4.04. The number of aliphatic hydroxyl groups is 1. The normalized spacial score (nSPS) is 10.6. The number of carbonyl (C=O) groups excluding carboxylic acids is 1. The van der Waals surface area contributed by atoms with Crippen LogP contribution in [0.15, 0.2) is 47.7 Å². The number of hydrogen-bond acceptors (Lipinski definition) is 6. The van der Waals surface area contributed by atoms with Gasteiger partial charge >= 0.3 is 0 Å². The van der Waals surface area contributed by atoms with E-state index in [4.69, 9.17) is 9.84 Å². The number of aromatic nitrogens is 4. The molecule has 0 aliphatic rings. The van der Waals surface area contributed by atoms with Gasteiger partial charge in [0.2, 0.25) is 5.88 Å². The number of pyridine rings is 2. The van der Waals surface area contributed by atoms with Crippen molar-refractivity contribution in [3.63, 3.8) is 0 Å². The average molecular weight is 369 g/mol. The van der Waals surface area contributed by atoms with Crippen LogP contribution in [0, 0.1) is 0 Å². The molecule has 0 atom stereocenters. The van der Waals surface area contributed by atoms with Crippen molar-refractivity contribution in [1.82, 2.24) is 25.1 Å². The lowest BCUT2D eigenvalue weighted by molar-refractivity contribution is 0.0951. The lowest BCUT2D eigenvalue weighted by Crippen LogP contribution is -2.25. The largest absolute Gasteiger partial charge is 0.481 e. The van der Waals surface area contributed by atoms with Crippen molar-refractivity contribution >= 4 is 5.91 Å². The first-order valence-electron chi connectivity index (χ1n) is 8.30. The minimum Gasteiger partial charge on any atom is -0.481 e. The molecule has 140 valence electrons. The first-order chi connectivity index (χ1) is 13.1. The molecule has 0 saturated carbocycles. The number of amides is 1. The lowest BCUT2D eigenvalue weighted by atomic mass is 10.1. The minimum absolute atomic E-state index is 0.0128. The summed E-state index contributed by atoms with van der Waals surface area (Å²) in [6, 6.07) is 6.54. The van der Waals surface area contributed by atoms with Gasteiger partial charge in [-0.2, -0.15) is 0 Å². The molecule has 3 heterocycles. The molecule has 3 aromatic rings. The van der Waals surface area contributed by atoms with Crippen LogP contribution in [0.5, 0.6) is 5.88 Å². The van der Waals surface area contributed by atoms with Gasteiger partial charge in [0.1, 0.15) is 0 Å². The number of methoxy groups -OCH3 is 1. The quantitative estimate of drug-likeness (QED) is 0.528. The fourth-order valence-corrected chi connectivity index (χ4v) is 2.47. The summed E-state index contributed by atoms with van der Waals surface area (Å²) < 4.78 is 6.37. The molecule has 0 radical (unpaired) electrons. The monoisotopic (exact) mass is 369 g/mol. The van der Waals surface area contributed by atoms with Gasteiger partial charge in [0, 0.05) is 37.8 Å². The number of rotatable bonds is 7. The van der Waals surface area contributed by atoms with Crippen molar-refractivity contribution < 1.29 is 14.6 Å². The standard InChI is InChI=1S/C18H19N5O4/c1-27-16-9-12(5-7-19-16)14-11-22-23(18(14)26)15-4-3-13(10-21-15)17(25)20-6-2-8-24/h3-5,7,9-11,22,24H,2,6,8H2,1H3,(H,20,25). The fraction of sp³-hybridized carbons (Fsp3) is 0.222. The molecule has 0 unspecified atom stereocenters. The van der Waals surface area contributed by atoms with Crippen LogP contribution in [0.4, 0.5) is 0 Å². The Morgan fingerprint density at radius 1 is 1.33 bits per heavy atom. The topological polar surface area (TPSA) is 122 Å². The second-order valence-corrected chi connectivity index (χ2v) is 5.65. The van der Waals surface area contributed by atoms with E-state index in [2.05, 4.69) is 20.4 Å². The van der Waals surface area contributed by atoms with Crippen LogP contribution in [0.2, 0.25) is 0 Å². The summed E-state index contributed by atoms with van der Waals surface area (Å²) >= 11 is 0. The van der Waals surface area contributed by atoms with Crippen molar-refractivity contribution in [1.29, 1.82) is 0 Å². The van der Waals surface area contributed by atoms with Gasteiger partial charge < -0.3 is 15.2 Å². The molecule has 3 aromatic heterocycles. The predicted molar refractivity (Wildman–Crippen MR) is 98.0 cm³/mol. The smallest absolute Gasteiger partial charge is 0.280 e. The second kappa shape index (κ2) is 8.28. The second-order valence-electron chi connectivity index (χ2n) is 5.65. The van der Waals surface area contributed by atoms with E-state index in [9.17, 15) is 9.59 Å². The van der Waals surface area contributed by atoms with Crippen LogP contribution < -0.4 is 15.6 Å². The number of nitrogens with one attached hydrogen (secondary N) is 2. The highest BCUT2D eigenvalue weighted by molar-refractivity contribution is 5.93. The SMILES string of the molecule is COc1cc(-c2c[nH]n(-c3ccc(C(=O)NCCCO)cn3)c2=O)ccn1. The molecule has 1 amide bonds. The van der Waals surface area contributed by atoms with Gasteiger partial charge in [0.05, 0.1) is 18.2 Å². The number of ether oxygens (including phenoxy) is 1. The zero-order chi connectivity index (χ0) is 19.2. The van der Waals surface area contributed by atoms with Crippen LogP contribution in [0.3, 0.4) is 0 Å². The van der Waals surface area contributed by atoms with Gasteiger partial charge in [-0.05, 0) is 30.2 Å².